The van der Waals surface area contributed by atoms with Gasteiger partial charge < -0.3 is 0 Å². The van der Waals surface area contributed by atoms with Gasteiger partial charge in [0.2, 0.25) is 5.82 Å². The van der Waals surface area contributed by atoms with Gasteiger partial charge in [0.15, 0.2) is 0 Å². The minimum atomic E-state index is 0.371. The number of aromatic amines is 1. The Hall–Kier alpha value is -1.23. The van der Waals surface area contributed by atoms with E-state index in [4.69, 9.17) is 0 Å². The third-order valence-electron chi connectivity index (χ3n) is 1.90. The fraction of sp³-hybridized carbons (Fsp3) is 0.444. The lowest BCUT2D eigenvalue weighted by atomic mass is 10.2. The number of rotatable bonds is 2. The second-order valence-electron chi connectivity index (χ2n) is 3.45. The average molecular weight is 208 g/mol. The van der Waals surface area contributed by atoms with Crippen LogP contribution >= 0.6 is 11.3 Å². The van der Waals surface area contributed by atoms with Crippen molar-refractivity contribution in [1.29, 1.82) is 0 Å². The molecule has 5 heteroatoms. The summed E-state index contributed by atoms with van der Waals surface area (Å²) in [5, 5.41) is 10.1. The van der Waals surface area contributed by atoms with Gasteiger partial charge in [-0.15, -0.1) is 11.3 Å². The summed E-state index contributed by atoms with van der Waals surface area (Å²) in [5.74, 6) is 1.97. The highest BCUT2D eigenvalue weighted by Gasteiger charge is 2.10. The molecule has 2 rings (SSSR count). The predicted molar refractivity (Wildman–Crippen MR) is 56.3 cm³/mol. The summed E-state index contributed by atoms with van der Waals surface area (Å²) in [5.41, 5.74) is 0.857. The molecule has 0 fully saturated rings. The highest BCUT2D eigenvalue weighted by atomic mass is 32.1. The third-order valence-corrected chi connectivity index (χ3v) is 2.67. The monoisotopic (exact) mass is 208 g/mol. The lowest BCUT2D eigenvalue weighted by Crippen LogP contribution is -1.89. The third kappa shape index (κ3) is 1.68. The number of hydrogen-bond acceptors (Lipinski definition) is 4. The fourth-order valence-electron chi connectivity index (χ4n) is 1.11. The van der Waals surface area contributed by atoms with Gasteiger partial charge in [-0.2, -0.15) is 5.10 Å². The van der Waals surface area contributed by atoms with Gasteiger partial charge >= 0.3 is 0 Å². The van der Waals surface area contributed by atoms with Crippen LogP contribution in [0.25, 0.3) is 11.5 Å². The maximum Gasteiger partial charge on any atom is 0.200 e. The second-order valence-corrected chi connectivity index (χ2v) is 4.51. The summed E-state index contributed by atoms with van der Waals surface area (Å²) >= 11 is 1.61. The number of nitrogens with zero attached hydrogens (tertiary/aromatic N) is 3. The van der Waals surface area contributed by atoms with E-state index in [0.717, 1.165) is 16.5 Å². The van der Waals surface area contributed by atoms with Crippen molar-refractivity contribution < 1.29 is 0 Å². The first-order valence-corrected chi connectivity index (χ1v) is 5.39. The molecule has 14 heavy (non-hydrogen) atoms. The maximum absolute atomic E-state index is 4.37. The van der Waals surface area contributed by atoms with Crippen molar-refractivity contribution in [3.05, 3.63) is 16.2 Å². The van der Waals surface area contributed by atoms with Crippen molar-refractivity contribution in [3.63, 3.8) is 0 Å². The molecule has 0 aromatic carbocycles. The van der Waals surface area contributed by atoms with Crippen LogP contribution in [0, 0.1) is 6.92 Å². The average Bonchev–Trinajstić information content (AvgIpc) is 2.70. The van der Waals surface area contributed by atoms with Gasteiger partial charge in [-0.25, -0.2) is 9.97 Å². The molecule has 0 unspecified atom stereocenters. The van der Waals surface area contributed by atoms with E-state index in [1.54, 1.807) is 11.3 Å². The van der Waals surface area contributed by atoms with Crippen LogP contribution in [-0.2, 0) is 0 Å². The van der Waals surface area contributed by atoms with E-state index >= 15 is 0 Å². The Kier molecular flexibility index (Phi) is 2.33. The smallest absolute Gasteiger partial charge is 0.200 e. The van der Waals surface area contributed by atoms with Crippen molar-refractivity contribution in [1.82, 2.24) is 20.2 Å². The first-order chi connectivity index (χ1) is 6.66. The van der Waals surface area contributed by atoms with Crippen molar-refractivity contribution in [3.8, 4) is 11.5 Å². The fourth-order valence-corrected chi connectivity index (χ4v) is 1.70. The minimum absolute atomic E-state index is 0.371. The van der Waals surface area contributed by atoms with E-state index in [2.05, 4.69) is 34.0 Å². The summed E-state index contributed by atoms with van der Waals surface area (Å²) in [6, 6.07) is 0. The Morgan fingerprint density at radius 2 is 2.14 bits per heavy atom. The van der Waals surface area contributed by atoms with Gasteiger partial charge in [0.05, 0.1) is 5.01 Å². The van der Waals surface area contributed by atoms with Crippen molar-refractivity contribution in [2.24, 2.45) is 0 Å². The van der Waals surface area contributed by atoms with Gasteiger partial charge in [0.1, 0.15) is 11.5 Å². The summed E-state index contributed by atoms with van der Waals surface area (Å²) < 4.78 is 0. The van der Waals surface area contributed by atoms with Crippen LogP contribution in [0.3, 0.4) is 0 Å². The van der Waals surface area contributed by atoms with Crippen LogP contribution < -0.4 is 0 Å². The molecule has 0 amide bonds. The van der Waals surface area contributed by atoms with E-state index in [0.29, 0.717) is 11.7 Å². The number of thiazole rings is 1. The van der Waals surface area contributed by atoms with Crippen molar-refractivity contribution >= 4 is 11.3 Å². The zero-order valence-corrected chi connectivity index (χ0v) is 9.22. The Balaban J connectivity index is 2.33. The van der Waals surface area contributed by atoms with Gasteiger partial charge in [-0.1, -0.05) is 13.8 Å². The topological polar surface area (TPSA) is 54.5 Å². The molecular formula is C9H12N4S. The molecule has 0 radical (unpaired) electrons. The highest BCUT2D eigenvalue weighted by molar-refractivity contribution is 7.09. The van der Waals surface area contributed by atoms with E-state index in [1.165, 1.54) is 0 Å². The van der Waals surface area contributed by atoms with Crippen LogP contribution in [0.4, 0.5) is 0 Å². The lowest BCUT2D eigenvalue weighted by Gasteiger charge is -1.94. The number of aromatic nitrogens is 4. The number of H-pyrrole nitrogens is 1. The van der Waals surface area contributed by atoms with Crippen LogP contribution in [-0.4, -0.2) is 20.2 Å². The molecule has 4 nitrogen and oxygen atoms in total. The van der Waals surface area contributed by atoms with Gasteiger partial charge in [0, 0.05) is 11.3 Å². The van der Waals surface area contributed by atoms with Gasteiger partial charge in [0.25, 0.3) is 0 Å². The summed E-state index contributed by atoms with van der Waals surface area (Å²) in [7, 11) is 0. The SMILES string of the molecule is Cc1nc(-c2n[nH]c(C(C)C)n2)cs1. The van der Waals surface area contributed by atoms with E-state index in [1.807, 2.05) is 12.3 Å². The summed E-state index contributed by atoms with van der Waals surface area (Å²) in [4.78, 5) is 8.70. The first kappa shape index (κ1) is 9.33. The number of nitrogens with one attached hydrogen (secondary N) is 1. The van der Waals surface area contributed by atoms with Crippen LogP contribution in [0.2, 0.25) is 0 Å². The standard InChI is InChI=1S/C9H12N4S/c1-5(2)8-11-9(13-12-8)7-4-14-6(3)10-7/h4-5H,1-3H3,(H,11,12,13). The molecule has 0 saturated heterocycles. The zero-order chi connectivity index (χ0) is 10.1. The van der Waals surface area contributed by atoms with Crippen molar-refractivity contribution in [2.45, 2.75) is 26.7 Å². The van der Waals surface area contributed by atoms with Crippen molar-refractivity contribution in [2.75, 3.05) is 0 Å². The Morgan fingerprint density at radius 1 is 1.36 bits per heavy atom. The quantitative estimate of drug-likeness (QED) is 0.824. The summed E-state index contributed by atoms with van der Waals surface area (Å²) in [6.45, 7) is 6.14. The molecule has 2 heterocycles. The maximum atomic E-state index is 4.37. The molecule has 0 aliphatic rings. The molecule has 2 aromatic heterocycles. The number of hydrogen-bond donors (Lipinski definition) is 1. The van der Waals surface area contributed by atoms with Gasteiger partial charge in [-0.3, -0.25) is 5.10 Å². The molecule has 1 N–H and O–H groups in total. The van der Waals surface area contributed by atoms with E-state index < -0.39 is 0 Å². The molecule has 74 valence electrons. The van der Waals surface area contributed by atoms with E-state index in [9.17, 15) is 0 Å². The normalized spacial score (nSPS) is 11.1. The molecule has 0 bridgehead atoms. The highest BCUT2D eigenvalue weighted by Crippen LogP contribution is 2.19. The van der Waals surface area contributed by atoms with E-state index in [-0.39, 0.29) is 0 Å². The first-order valence-electron chi connectivity index (χ1n) is 4.51. The summed E-state index contributed by atoms with van der Waals surface area (Å²) in [6.07, 6.45) is 0. The molecule has 0 aliphatic heterocycles. The van der Waals surface area contributed by atoms with Crippen LogP contribution in [0.5, 0.6) is 0 Å². The zero-order valence-electron chi connectivity index (χ0n) is 8.40. The lowest BCUT2D eigenvalue weighted by molar-refractivity contribution is 0.781. The van der Waals surface area contributed by atoms with Gasteiger partial charge in [-0.05, 0) is 6.92 Å². The largest absolute Gasteiger partial charge is 0.262 e. The Bertz CT molecular complexity index is 429. The molecule has 0 saturated carbocycles. The molecule has 0 atom stereocenters. The molecule has 0 aliphatic carbocycles. The molecular weight excluding hydrogens is 196 g/mol. The predicted octanol–water partition coefficient (Wildman–Crippen LogP) is 2.36. The molecule has 0 spiro atoms. The van der Waals surface area contributed by atoms with Crippen LogP contribution in [0.1, 0.15) is 30.6 Å². The van der Waals surface area contributed by atoms with Crippen LogP contribution in [0.15, 0.2) is 5.38 Å². The second kappa shape index (κ2) is 3.49. The molecule has 2 aromatic rings. The Morgan fingerprint density at radius 3 is 2.64 bits per heavy atom. The Labute approximate surface area is 86.4 Å². The minimum Gasteiger partial charge on any atom is -0.262 e. The number of aryl methyl sites for hydroxylation is 1.